The predicted octanol–water partition coefficient (Wildman–Crippen LogP) is 4.39. The predicted molar refractivity (Wildman–Crippen MR) is 80.2 cm³/mol. The number of nitrogens with one attached hydrogen (secondary N) is 2. The second kappa shape index (κ2) is 6.12. The van der Waals surface area contributed by atoms with E-state index < -0.39 is 57.4 Å². The number of imidazole rings is 1. The van der Waals surface area contributed by atoms with Crippen LogP contribution in [0.1, 0.15) is 32.4 Å². The van der Waals surface area contributed by atoms with Gasteiger partial charge in [-0.1, -0.05) is 11.6 Å². The molecule has 0 aliphatic heterocycles. The Morgan fingerprint density at radius 2 is 1.52 bits per heavy atom. The van der Waals surface area contributed by atoms with Crippen molar-refractivity contribution in [2.24, 2.45) is 0 Å². The van der Waals surface area contributed by atoms with Gasteiger partial charge in [0.2, 0.25) is 17.4 Å². The average molecular weight is 410 g/mol. The standard InChI is InChI=1S/C15H6ClF6N3O2/c16-7-8(23-6-3-1-5(2-4-6)14(17,18)19)12(27)10-9(11(7)26)24-13(25-10)15(20,21)22/h1-4,23H,(H,24,25). The third kappa shape index (κ3) is 3.42. The zero-order valence-electron chi connectivity index (χ0n) is 12.7. The van der Waals surface area contributed by atoms with Crippen LogP contribution in [0.25, 0.3) is 0 Å². The molecule has 142 valence electrons. The Labute approximate surface area is 151 Å². The van der Waals surface area contributed by atoms with Gasteiger partial charge < -0.3 is 10.3 Å². The maximum absolute atomic E-state index is 12.7. The van der Waals surface area contributed by atoms with E-state index in [1.54, 1.807) is 4.98 Å². The van der Waals surface area contributed by atoms with Crippen molar-refractivity contribution in [3.05, 3.63) is 57.8 Å². The molecule has 0 spiro atoms. The molecule has 1 aliphatic carbocycles. The molecule has 2 aromatic rings. The third-order valence-corrected chi connectivity index (χ3v) is 3.90. The van der Waals surface area contributed by atoms with E-state index in [9.17, 15) is 35.9 Å². The summed E-state index contributed by atoms with van der Waals surface area (Å²) in [5, 5.41) is 1.64. The highest BCUT2D eigenvalue weighted by molar-refractivity contribution is 6.49. The minimum atomic E-state index is -4.93. The molecule has 1 heterocycles. The number of rotatable bonds is 2. The molecule has 5 nitrogen and oxygen atoms in total. The van der Waals surface area contributed by atoms with Crippen molar-refractivity contribution >= 4 is 28.9 Å². The molecule has 0 atom stereocenters. The fourth-order valence-corrected chi connectivity index (χ4v) is 2.50. The second-order valence-electron chi connectivity index (χ2n) is 5.35. The van der Waals surface area contributed by atoms with Crippen LogP contribution in [0.4, 0.5) is 32.0 Å². The first-order chi connectivity index (χ1) is 12.4. The number of anilines is 1. The lowest BCUT2D eigenvalue weighted by atomic mass is 10.0. The van der Waals surface area contributed by atoms with Gasteiger partial charge in [0.15, 0.2) is 0 Å². The van der Waals surface area contributed by atoms with Crippen LogP contribution in [0.3, 0.4) is 0 Å². The van der Waals surface area contributed by atoms with Gasteiger partial charge in [-0.2, -0.15) is 26.3 Å². The first-order valence-electron chi connectivity index (χ1n) is 7.00. The maximum Gasteiger partial charge on any atom is 0.449 e. The number of hydrogen-bond donors (Lipinski definition) is 2. The molecular formula is C15H6ClF6N3O2. The minimum Gasteiger partial charge on any atom is -0.351 e. The normalized spacial score (nSPS) is 15.2. The monoisotopic (exact) mass is 409 g/mol. The van der Waals surface area contributed by atoms with E-state index in [2.05, 4.69) is 10.3 Å². The molecule has 0 unspecified atom stereocenters. The smallest absolute Gasteiger partial charge is 0.351 e. The molecule has 0 amide bonds. The largest absolute Gasteiger partial charge is 0.449 e. The number of allylic oxidation sites excluding steroid dienone is 2. The van der Waals surface area contributed by atoms with Crippen LogP contribution in [0, 0.1) is 0 Å². The maximum atomic E-state index is 12.7. The molecule has 12 heteroatoms. The molecule has 0 fully saturated rings. The highest BCUT2D eigenvalue weighted by Crippen LogP contribution is 2.34. The number of aromatic amines is 1. The summed E-state index contributed by atoms with van der Waals surface area (Å²) in [7, 11) is 0. The number of ketones is 2. The number of aromatic nitrogens is 2. The van der Waals surface area contributed by atoms with Crippen molar-refractivity contribution in [2.75, 3.05) is 5.32 Å². The summed E-state index contributed by atoms with van der Waals surface area (Å²) in [4.78, 5) is 29.3. The van der Waals surface area contributed by atoms with Crippen LogP contribution in [-0.4, -0.2) is 21.5 Å². The summed E-state index contributed by atoms with van der Waals surface area (Å²) in [5.74, 6) is -3.76. The molecule has 1 aromatic heterocycles. The van der Waals surface area contributed by atoms with Gasteiger partial charge in [0.05, 0.1) is 5.56 Å². The third-order valence-electron chi connectivity index (χ3n) is 3.54. The van der Waals surface area contributed by atoms with Crippen molar-refractivity contribution in [3.63, 3.8) is 0 Å². The lowest BCUT2D eigenvalue weighted by Crippen LogP contribution is -2.24. The van der Waals surface area contributed by atoms with E-state index >= 15 is 0 Å². The number of benzene rings is 1. The number of alkyl halides is 6. The van der Waals surface area contributed by atoms with Crippen LogP contribution in [-0.2, 0) is 12.4 Å². The first-order valence-corrected chi connectivity index (χ1v) is 7.38. The molecule has 0 radical (unpaired) electrons. The number of hydrogen-bond acceptors (Lipinski definition) is 4. The van der Waals surface area contributed by atoms with E-state index in [1.807, 2.05) is 0 Å². The van der Waals surface area contributed by atoms with E-state index in [1.165, 1.54) is 0 Å². The number of carbonyl (C=O) groups is 2. The van der Waals surface area contributed by atoms with Crippen molar-refractivity contribution in [2.45, 2.75) is 12.4 Å². The van der Waals surface area contributed by atoms with Crippen molar-refractivity contribution in [1.82, 2.24) is 9.97 Å². The number of carbonyl (C=O) groups excluding carboxylic acids is 2. The zero-order valence-corrected chi connectivity index (χ0v) is 13.5. The molecule has 0 saturated heterocycles. The number of nitrogens with zero attached hydrogens (tertiary/aromatic N) is 1. The van der Waals surface area contributed by atoms with Crippen molar-refractivity contribution < 1.29 is 35.9 Å². The van der Waals surface area contributed by atoms with E-state index in [0.717, 1.165) is 12.1 Å². The highest BCUT2D eigenvalue weighted by atomic mass is 35.5. The Hall–Kier alpha value is -2.82. The van der Waals surface area contributed by atoms with Crippen LogP contribution in [0.5, 0.6) is 0 Å². The Bertz CT molecular complexity index is 973. The molecule has 27 heavy (non-hydrogen) atoms. The highest BCUT2D eigenvalue weighted by Gasteiger charge is 2.41. The SMILES string of the molecule is O=C1C(Nc2ccc(C(F)(F)F)cc2)=C(Cl)C(=O)c2[nH]c(C(F)(F)F)nc21. The van der Waals surface area contributed by atoms with Crippen LogP contribution in [0.2, 0.25) is 0 Å². The summed E-state index contributed by atoms with van der Waals surface area (Å²) < 4.78 is 75.9. The summed E-state index contributed by atoms with van der Waals surface area (Å²) in [6, 6.07) is 3.37. The fraction of sp³-hybridized carbons (Fsp3) is 0.133. The number of fused-ring (bicyclic) bond motifs is 1. The van der Waals surface area contributed by atoms with Crippen molar-refractivity contribution in [1.29, 1.82) is 0 Å². The van der Waals surface area contributed by atoms with Crippen molar-refractivity contribution in [3.8, 4) is 0 Å². The van der Waals surface area contributed by atoms with Gasteiger partial charge in [0, 0.05) is 5.69 Å². The van der Waals surface area contributed by atoms with E-state index in [0.29, 0.717) is 12.1 Å². The van der Waals surface area contributed by atoms with E-state index in [4.69, 9.17) is 11.6 Å². The minimum absolute atomic E-state index is 0.0349. The lowest BCUT2D eigenvalue weighted by Gasteiger charge is -2.16. The Morgan fingerprint density at radius 3 is 2.04 bits per heavy atom. The zero-order chi connectivity index (χ0) is 20.1. The quantitative estimate of drug-likeness (QED) is 0.721. The van der Waals surface area contributed by atoms with E-state index in [-0.39, 0.29) is 5.69 Å². The Kier molecular flexibility index (Phi) is 4.29. The van der Waals surface area contributed by atoms with Gasteiger partial charge in [-0.15, -0.1) is 0 Å². The van der Waals surface area contributed by atoms with Gasteiger partial charge >= 0.3 is 12.4 Å². The Morgan fingerprint density at radius 1 is 0.926 bits per heavy atom. The van der Waals surface area contributed by atoms with Gasteiger partial charge in [-0.05, 0) is 24.3 Å². The van der Waals surface area contributed by atoms with Gasteiger partial charge in [0.25, 0.3) is 0 Å². The summed E-state index contributed by atoms with van der Waals surface area (Å²) >= 11 is 5.77. The summed E-state index contributed by atoms with van der Waals surface area (Å²) in [5.41, 5.74) is -3.08. The average Bonchev–Trinajstić information content (AvgIpc) is 3.02. The van der Waals surface area contributed by atoms with Gasteiger partial charge in [0.1, 0.15) is 22.1 Å². The lowest BCUT2D eigenvalue weighted by molar-refractivity contribution is -0.144. The van der Waals surface area contributed by atoms with Crippen LogP contribution >= 0.6 is 11.6 Å². The molecule has 1 aliphatic rings. The number of H-pyrrole nitrogens is 1. The fourth-order valence-electron chi connectivity index (χ4n) is 2.28. The second-order valence-corrected chi connectivity index (χ2v) is 5.73. The topological polar surface area (TPSA) is 74.8 Å². The van der Waals surface area contributed by atoms with Gasteiger partial charge in [-0.25, -0.2) is 4.98 Å². The number of Topliss-reactive ketones (excluding diaryl/α,β-unsaturated/α-hetero) is 2. The summed E-state index contributed by atoms with van der Waals surface area (Å²) in [6.07, 6.45) is -9.50. The molecule has 0 saturated carbocycles. The molecule has 1 aromatic carbocycles. The summed E-state index contributed by atoms with van der Waals surface area (Å²) in [6.45, 7) is 0. The first kappa shape index (κ1) is 19.0. The van der Waals surface area contributed by atoms with Crippen LogP contribution in [0.15, 0.2) is 35.0 Å². The van der Waals surface area contributed by atoms with Crippen LogP contribution < -0.4 is 5.32 Å². The molecule has 2 N–H and O–H groups in total. The molecule has 3 rings (SSSR count). The molecular weight excluding hydrogens is 404 g/mol. The molecule has 0 bridgehead atoms. The van der Waals surface area contributed by atoms with Gasteiger partial charge in [-0.3, -0.25) is 9.59 Å². The Balaban J connectivity index is 1.95. The number of halogens is 7.